The van der Waals surface area contributed by atoms with Gasteiger partial charge in [-0.2, -0.15) is 13.2 Å². The Kier molecular flexibility index (Phi) is 4.75. The molecule has 32 heavy (non-hydrogen) atoms. The van der Waals surface area contributed by atoms with Crippen LogP contribution in [0.2, 0.25) is 5.15 Å². The third-order valence-corrected chi connectivity index (χ3v) is 6.61. The second kappa shape index (κ2) is 7.28. The fraction of sp³-hybridized carbons (Fsp3) is 0.190. The van der Waals surface area contributed by atoms with Crippen LogP contribution < -0.4 is 10.6 Å². The van der Waals surface area contributed by atoms with Crippen molar-refractivity contribution in [3.05, 3.63) is 51.7 Å². The van der Waals surface area contributed by atoms with Crippen molar-refractivity contribution in [3.8, 4) is 11.4 Å². The van der Waals surface area contributed by atoms with E-state index in [1.54, 1.807) is 18.2 Å². The van der Waals surface area contributed by atoms with E-state index in [1.807, 2.05) is 6.92 Å². The van der Waals surface area contributed by atoms with Gasteiger partial charge in [-0.05, 0) is 37.3 Å². The van der Waals surface area contributed by atoms with Gasteiger partial charge in [0.1, 0.15) is 15.7 Å². The Balaban J connectivity index is 1.67. The maximum atomic E-state index is 14.5. The van der Waals surface area contributed by atoms with Crippen LogP contribution in [-0.2, 0) is 6.18 Å². The molecule has 0 spiro atoms. The first kappa shape index (κ1) is 20.9. The average molecular weight is 481 g/mol. The number of fused-ring (bicyclic) bond motifs is 5. The number of alkyl halides is 3. The number of nitrogens with one attached hydrogen (secondary N) is 2. The Morgan fingerprint density at radius 3 is 2.72 bits per heavy atom. The van der Waals surface area contributed by atoms with E-state index in [0.717, 1.165) is 15.5 Å². The van der Waals surface area contributed by atoms with Gasteiger partial charge in [-0.25, -0.2) is 14.4 Å². The van der Waals surface area contributed by atoms with Crippen LogP contribution in [0.3, 0.4) is 0 Å². The molecule has 5 rings (SSSR count). The topological polar surface area (TPSA) is 66.9 Å². The number of thiophene rings is 1. The van der Waals surface area contributed by atoms with E-state index in [1.165, 1.54) is 17.4 Å². The number of halogens is 5. The summed E-state index contributed by atoms with van der Waals surface area (Å²) in [7, 11) is 0. The zero-order chi connectivity index (χ0) is 22.8. The standard InChI is InChI=1S/C21H13ClF4N4OS/c1-8-7-27-17-15-9-2-3-13(16-11(23)6-10(19(22)30-16)21(24,25)26)29-12(9)4-5-14(15)32-18(17)20(31)28-8/h2-6,8,27H,7H2,1H3,(H,28,31)/t8-/m1/s1. The largest absolute Gasteiger partial charge is 0.419 e. The summed E-state index contributed by atoms with van der Waals surface area (Å²) in [6.45, 7) is 2.44. The lowest BCUT2D eigenvalue weighted by molar-refractivity contribution is -0.137. The van der Waals surface area contributed by atoms with Crippen LogP contribution in [-0.4, -0.2) is 28.5 Å². The zero-order valence-corrected chi connectivity index (χ0v) is 17.8. The Morgan fingerprint density at radius 1 is 1.19 bits per heavy atom. The van der Waals surface area contributed by atoms with Crippen molar-refractivity contribution in [2.24, 2.45) is 0 Å². The molecule has 1 aromatic carbocycles. The van der Waals surface area contributed by atoms with E-state index in [-0.39, 0.29) is 23.3 Å². The third-order valence-electron chi connectivity index (χ3n) is 5.17. The quantitative estimate of drug-likeness (QED) is 0.264. The summed E-state index contributed by atoms with van der Waals surface area (Å²) >= 11 is 7.02. The number of carbonyl (C=O) groups excluding carboxylic acids is 1. The second-order valence-electron chi connectivity index (χ2n) is 7.42. The highest BCUT2D eigenvalue weighted by Gasteiger charge is 2.35. The van der Waals surface area contributed by atoms with E-state index in [4.69, 9.17) is 11.6 Å². The highest BCUT2D eigenvalue weighted by atomic mass is 35.5. The first-order valence-corrected chi connectivity index (χ1v) is 10.7. The summed E-state index contributed by atoms with van der Waals surface area (Å²) in [4.78, 5) is 21.1. The Labute approximate surface area is 187 Å². The Morgan fingerprint density at radius 2 is 1.97 bits per heavy atom. The van der Waals surface area contributed by atoms with Gasteiger partial charge < -0.3 is 10.6 Å². The summed E-state index contributed by atoms with van der Waals surface area (Å²) < 4.78 is 54.3. The molecule has 1 atom stereocenters. The monoisotopic (exact) mass is 480 g/mol. The van der Waals surface area contributed by atoms with Crippen LogP contribution in [0, 0.1) is 5.82 Å². The highest BCUT2D eigenvalue weighted by molar-refractivity contribution is 7.21. The van der Waals surface area contributed by atoms with Crippen molar-refractivity contribution in [2.45, 2.75) is 19.1 Å². The fourth-order valence-corrected chi connectivity index (χ4v) is 5.05. The van der Waals surface area contributed by atoms with E-state index in [2.05, 4.69) is 20.6 Å². The number of amides is 1. The van der Waals surface area contributed by atoms with Gasteiger partial charge in [0.05, 0.1) is 22.5 Å². The number of anilines is 1. The summed E-state index contributed by atoms with van der Waals surface area (Å²) in [6.07, 6.45) is -4.82. The number of rotatable bonds is 1. The molecule has 11 heteroatoms. The molecule has 0 saturated heterocycles. The number of aromatic nitrogens is 2. The third kappa shape index (κ3) is 3.34. The van der Waals surface area contributed by atoms with Gasteiger partial charge in [-0.3, -0.25) is 4.79 Å². The van der Waals surface area contributed by atoms with Crippen LogP contribution in [0.25, 0.3) is 32.4 Å². The molecule has 0 unspecified atom stereocenters. The Hall–Kier alpha value is -2.98. The minimum atomic E-state index is -4.82. The molecule has 0 fully saturated rings. The lowest BCUT2D eigenvalue weighted by Gasteiger charge is -2.11. The molecule has 4 heterocycles. The lowest BCUT2D eigenvalue weighted by atomic mass is 10.1. The molecular formula is C21H13ClF4N4OS. The molecule has 0 radical (unpaired) electrons. The number of pyridine rings is 2. The van der Waals surface area contributed by atoms with Crippen molar-refractivity contribution in [1.29, 1.82) is 0 Å². The zero-order valence-electron chi connectivity index (χ0n) is 16.3. The number of hydrogen-bond acceptors (Lipinski definition) is 5. The van der Waals surface area contributed by atoms with Gasteiger partial charge in [-0.15, -0.1) is 11.3 Å². The fourth-order valence-electron chi connectivity index (χ4n) is 3.70. The molecule has 5 nitrogen and oxygen atoms in total. The molecule has 0 aliphatic carbocycles. The summed E-state index contributed by atoms with van der Waals surface area (Å²) in [6, 6.07) is 6.95. The molecule has 2 N–H and O–H groups in total. The van der Waals surface area contributed by atoms with Crippen molar-refractivity contribution < 1.29 is 22.4 Å². The van der Waals surface area contributed by atoms with Gasteiger partial charge in [0, 0.05) is 28.1 Å². The summed E-state index contributed by atoms with van der Waals surface area (Å²) in [5.41, 5.74) is -0.491. The second-order valence-corrected chi connectivity index (χ2v) is 8.83. The smallest absolute Gasteiger partial charge is 0.381 e. The first-order chi connectivity index (χ1) is 15.1. The van der Waals surface area contributed by atoms with Crippen LogP contribution in [0.1, 0.15) is 22.2 Å². The van der Waals surface area contributed by atoms with Gasteiger partial charge in [-0.1, -0.05) is 11.6 Å². The molecule has 1 aliphatic rings. The van der Waals surface area contributed by atoms with E-state index in [9.17, 15) is 22.4 Å². The first-order valence-electron chi connectivity index (χ1n) is 9.48. The number of benzene rings is 1. The normalized spacial score (nSPS) is 16.6. The van der Waals surface area contributed by atoms with Gasteiger partial charge in [0.15, 0.2) is 5.82 Å². The molecule has 1 amide bonds. The number of hydrogen-bond donors (Lipinski definition) is 2. The Bertz CT molecular complexity index is 1420. The molecule has 0 saturated carbocycles. The van der Waals surface area contributed by atoms with Crippen molar-refractivity contribution in [1.82, 2.24) is 15.3 Å². The average Bonchev–Trinajstić information content (AvgIpc) is 3.05. The molecule has 0 bridgehead atoms. The predicted molar refractivity (Wildman–Crippen MR) is 116 cm³/mol. The van der Waals surface area contributed by atoms with E-state index >= 15 is 0 Å². The highest BCUT2D eigenvalue weighted by Crippen LogP contribution is 2.41. The maximum Gasteiger partial charge on any atom is 0.419 e. The number of carbonyl (C=O) groups is 1. The lowest BCUT2D eigenvalue weighted by Crippen LogP contribution is -2.34. The number of nitrogens with zero attached hydrogens (tertiary/aromatic N) is 2. The minimum Gasteiger partial charge on any atom is -0.381 e. The van der Waals surface area contributed by atoms with Crippen molar-refractivity contribution in [3.63, 3.8) is 0 Å². The van der Waals surface area contributed by atoms with Crippen molar-refractivity contribution >= 4 is 55.5 Å². The molecule has 1 aliphatic heterocycles. The van der Waals surface area contributed by atoms with Gasteiger partial charge >= 0.3 is 6.18 Å². The van der Waals surface area contributed by atoms with Gasteiger partial charge in [0.25, 0.3) is 5.91 Å². The van der Waals surface area contributed by atoms with Crippen LogP contribution >= 0.6 is 22.9 Å². The van der Waals surface area contributed by atoms with Crippen LogP contribution in [0.5, 0.6) is 0 Å². The SMILES string of the molecule is C[C@@H]1CNc2c(sc3ccc4nc(-c5nc(Cl)c(C(F)(F)F)cc5F)ccc4c23)C(=O)N1. The van der Waals surface area contributed by atoms with Crippen molar-refractivity contribution in [2.75, 3.05) is 11.9 Å². The molecule has 4 aromatic rings. The molecular weight excluding hydrogens is 468 g/mol. The van der Waals surface area contributed by atoms with Crippen LogP contribution in [0.4, 0.5) is 23.2 Å². The van der Waals surface area contributed by atoms with E-state index in [0.29, 0.717) is 28.7 Å². The molecule has 3 aromatic heterocycles. The molecule has 164 valence electrons. The van der Waals surface area contributed by atoms with Crippen LogP contribution in [0.15, 0.2) is 30.3 Å². The summed E-state index contributed by atoms with van der Waals surface area (Å²) in [5, 5.41) is 6.90. The summed E-state index contributed by atoms with van der Waals surface area (Å²) in [5.74, 6) is -1.34. The minimum absolute atomic E-state index is 0.0460. The van der Waals surface area contributed by atoms with Gasteiger partial charge in [0.2, 0.25) is 0 Å². The maximum absolute atomic E-state index is 14.5. The predicted octanol–water partition coefficient (Wildman–Crippen LogP) is 5.87. The van der Waals surface area contributed by atoms with E-state index < -0.39 is 22.7 Å².